The van der Waals surface area contributed by atoms with Crippen LogP contribution in [0.3, 0.4) is 0 Å². The maximum absolute atomic E-state index is 12.3. The van der Waals surface area contributed by atoms with E-state index in [0.29, 0.717) is 28.2 Å². The van der Waals surface area contributed by atoms with Crippen LogP contribution in [0.4, 0.5) is 5.69 Å². The summed E-state index contributed by atoms with van der Waals surface area (Å²) in [7, 11) is 0. The average molecular weight is 402 g/mol. The molecule has 3 rings (SSSR count). The van der Waals surface area contributed by atoms with Crippen molar-refractivity contribution in [2.45, 2.75) is 26.0 Å². The summed E-state index contributed by atoms with van der Waals surface area (Å²) in [5.41, 5.74) is 3.95. The molecule has 1 amide bonds. The van der Waals surface area contributed by atoms with Crippen LogP contribution >= 0.6 is 23.4 Å². The lowest BCUT2D eigenvalue weighted by atomic mass is 10.1. The standard InChI is InChI=1S/C20H20ClN3O2S/c1-3-14-6-4-5-13(2)19(14)22-17(25)11-27-12-18-23-20(24-26-18)15-7-9-16(21)10-8-15/h4-10H,3,11-12H2,1-2H3,(H,22,25). The molecule has 1 heterocycles. The van der Waals surface area contributed by atoms with Gasteiger partial charge in [-0.15, -0.1) is 11.8 Å². The summed E-state index contributed by atoms with van der Waals surface area (Å²) in [6.07, 6.45) is 0.875. The lowest BCUT2D eigenvalue weighted by Gasteiger charge is -2.12. The molecule has 1 N–H and O–H groups in total. The van der Waals surface area contributed by atoms with Crippen molar-refractivity contribution >= 4 is 35.0 Å². The molecule has 0 atom stereocenters. The molecule has 3 aromatic rings. The van der Waals surface area contributed by atoms with Crippen LogP contribution in [-0.4, -0.2) is 21.8 Å². The third-order valence-electron chi connectivity index (χ3n) is 4.03. The van der Waals surface area contributed by atoms with Gasteiger partial charge in [0.15, 0.2) is 0 Å². The number of aryl methyl sites for hydroxylation is 2. The van der Waals surface area contributed by atoms with Crippen LogP contribution in [0.5, 0.6) is 0 Å². The van der Waals surface area contributed by atoms with Crippen molar-refractivity contribution in [3.05, 3.63) is 64.5 Å². The summed E-state index contributed by atoms with van der Waals surface area (Å²) in [4.78, 5) is 16.6. The summed E-state index contributed by atoms with van der Waals surface area (Å²) in [5.74, 6) is 1.75. The van der Waals surface area contributed by atoms with E-state index in [1.54, 1.807) is 12.1 Å². The van der Waals surface area contributed by atoms with Gasteiger partial charge in [-0.05, 0) is 48.7 Å². The number of carbonyl (C=O) groups excluding carboxylic acids is 1. The third kappa shape index (κ3) is 5.11. The fraction of sp³-hybridized carbons (Fsp3) is 0.250. The number of halogens is 1. The lowest BCUT2D eigenvalue weighted by Crippen LogP contribution is -2.16. The van der Waals surface area contributed by atoms with E-state index in [4.69, 9.17) is 16.1 Å². The lowest BCUT2D eigenvalue weighted by molar-refractivity contribution is -0.113. The first-order valence-corrected chi connectivity index (χ1v) is 10.1. The Kier molecular flexibility index (Phi) is 6.53. The monoisotopic (exact) mass is 401 g/mol. The van der Waals surface area contributed by atoms with Gasteiger partial charge in [0.2, 0.25) is 17.6 Å². The van der Waals surface area contributed by atoms with E-state index >= 15 is 0 Å². The third-order valence-corrected chi connectivity index (χ3v) is 5.20. The minimum Gasteiger partial charge on any atom is -0.338 e. The average Bonchev–Trinajstić information content (AvgIpc) is 3.13. The Morgan fingerprint density at radius 3 is 2.74 bits per heavy atom. The Bertz CT molecular complexity index is 925. The summed E-state index contributed by atoms with van der Waals surface area (Å²) >= 11 is 7.32. The van der Waals surface area contributed by atoms with Gasteiger partial charge in [0, 0.05) is 16.3 Å². The molecule has 0 aliphatic rings. The van der Waals surface area contributed by atoms with Gasteiger partial charge in [-0.25, -0.2) is 0 Å². The van der Waals surface area contributed by atoms with Gasteiger partial charge in [0.25, 0.3) is 0 Å². The normalized spacial score (nSPS) is 10.8. The Morgan fingerprint density at radius 2 is 2.00 bits per heavy atom. The Balaban J connectivity index is 1.53. The van der Waals surface area contributed by atoms with Gasteiger partial charge in [-0.2, -0.15) is 4.98 Å². The van der Waals surface area contributed by atoms with E-state index in [0.717, 1.165) is 28.8 Å². The van der Waals surface area contributed by atoms with E-state index in [1.807, 2.05) is 37.3 Å². The van der Waals surface area contributed by atoms with Crippen molar-refractivity contribution < 1.29 is 9.32 Å². The van der Waals surface area contributed by atoms with Crippen molar-refractivity contribution in [2.75, 3.05) is 11.1 Å². The maximum atomic E-state index is 12.3. The SMILES string of the molecule is CCc1cccc(C)c1NC(=O)CSCc1nc(-c2ccc(Cl)cc2)no1. The van der Waals surface area contributed by atoms with Crippen LogP contribution in [0.25, 0.3) is 11.4 Å². The number of amides is 1. The van der Waals surface area contributed by atoms with E-state index in [2.05, 4.69) is 22.4 Å². The van der Waals surface area contributed by atoms with Crippen molar-refractivity contribution in [3.63, 3.8) is 0 Å². The highest BCUT2D eigenvalue weighted by Gasteiger charge is 2.12. The van der Waals surface area contributed by atoms with Crippen molar-refractivity contribution in [3.8, 4) is 11.4 Å². The fourth-order valence-electron chi connectivity index (χ4n) is 2.64. The van der Waals surface area contributed by atoms with Gasteiger partial charge < -0.3 is 9.84 Å². The first kappa shape index (κ1) is 19.5. The first-order chi connectivity index (χ1) is 13.1. The van der Waals surface area contributed by atoms with Crippen LogP contribution in [0.2, 0.25) is 5.02 Å². The number of carbonyl (C=O) groups is 1. The van der Waals surface area contributed by atoms with Crippen molar-refractivity contribution in [1.82, 2.24) is 10.1 Å². The zero-order valence-corrected chi connectivity index (χ0v) is 16.7. The highest BCUT2D eigenvalue weighted by molar-refractivity contribution is 7.99. The Hall–Kier alpha value is -2.31. The van der Waals surface area contributed by atoms with Crippen LogP contribution in [-0.2, 0) is 17.0 Å². The van der Waals surface area contributed by atoms with E-state index in [-0.39, 0.29) is 5.91 Å². The summed E-state index contributed by atoms with van der Waals surface area (Å²) < 4.78 is 5.26. The zero-order chi connectivity index (χ0) is 19.2. The molecule has 27 heavy (non-hydrogen) atoms. The first-order valence-electron chi connectivity index (χ1n) is 8.61. The molecule has 0 aliphatic heterocycles. The minimum absolute atomic E-state index is 0.0403. The molecular weight excluding hydrogens is 382 g/mol. The highest BCUT2D eigenvalue weighted by atomic mass is 35.5. The second kappa shape index (κ2) is 9.06. The number of para-hydroxylation sites is 1. The summed E-state index contributed by atoms with van der Waals surface area (Å²) in [6, 6.07) is 13.3. The molecular formula is C20H20ClN3O2S. The summed E-state index contributed by atoms with van der Waals surface area (Å²) in [5, 5.41) is 7.64. The molecule has 140 valence electrons. The van der Waals surface area contributed by atoms with Crippen molar-refractivity contribution in [1.29, 1.82) is 0 Å². The van der Waals surface area contributed by atoms with Crippen molar-refractivity contribution in [2.24, 2.45) is 0 Å². The molecule has 0 saturated heterocycles. The molecule has 0 saturated carbocycles. The molecule has 0 spiro atoms. The fourth-order valence-corrected chi connectivity index (χ4v) is 3.42. The zero-order valence-electron chi connectivity index (χ0n) is 15.2. The highest BCUT2D eigenvalue weighted by Crippen LogP contribution is 2.22. The maximum Gasteiger partial charge on any atom is 0.236 e. The number of aromatic nitrogens is 2. The molecule has 0 radical (unpaired) electrons. The number of nitrogens with zero attached hydrogens (tertiary/aromatic N) is 2. The topological polar surface area (TPSA) is 68.0 Å². The molecule has 0 fully saturated rings. The van der Waals surface area contributed by atoms with Crippen LogP contribution < -0.4 is 5.32 Å². The number of nitrogens with one attached hydrogen (secondary N) is 1. The van der Waals surface area contributed by atoms with E-state index < -0.39 is 0 Å². The predicted molar refractivity (Wildman–Crippen MR) is 110 cm³/mol. The number of thioether (sulfide) groups is 1. The van der Waals surface area contributed by atoms with Gasteiger partial charge >= 0.3 is 0 Å². The van der Waals surface area contributed by atoms with Crippen LogP contribution in [0, 0.1) is 6.92 Å². The second-order valence-electron chi connectivity index (χ2n) is 6.02. The van der Waals surface area contributed by atoms with Gasteiger partial charge in [-0.3, -0.25) is 4.79 Å². The molecule has 0 bridgehead atoms. The largest absolute Gasteiger partial charge is 0.338 e. The molecule has 0 unspecified atom stereocenters. The number of benzene rings is 2. The number of anilines is 1. The molecule has 7 heteroatoms. The number of rotatable bonds is 7. The van der Waals surface area contributed by atoms with E-state index in [1.165, 1.54) is 11.8 Å². The molecule has 5 nitrogen and oxygen atoms in total. The molecule has 0 aliphatic carbocycles. The summed E-state index contributed by atoms with van der Waals surface area (Å²) in [6.45, 7) is 4.08. The quantitative estimate of drug-likeness (QED) is 0.594. The second-order valence-corrected chi connectivity index (χ2v) is 7.44. The molecule has 2 aromatic carbocycles. The molecule has 1 aromatic heterocycles. The van der Waals surface area contributed by atoms with Gasteiger partial charge in [-0.1, -0.05) is 41.9 Å². The van der Waals surface area contributed by atoms with Crippen LogP contribution in [0.15, 0.2) is 47.0 Å². The number of hydrogen-bond acceptors (Lipinski definition) is 5. The van der Waals surface area contributed by atoms with Gasteiger partial charge in [0.1, 0.15) is 0 Å². The smallest absolute Gasteiger partial charge is 0.236 e. The van der Waals surface area contributed by atoms with Gasteiger partial charge in [0.05, 0.1) is 11.5 Å². The number of hydrogen-bond donors (Lipinski definition) is 1. The Labute approximate surface area is 167 Å². The Morgan fingerprint density at radius 1 is 1.22 bits per heavy atom. The predicted octanol–water partition coefficient (Wildman–Crippen LogP) is 5.13. The van der Waals surface area contributed by atoms with Crippen LogP contribution in [0.1, 0.15) is 23.9 Å². The minimum atomic E-state index is -0.0403. The van der Waals surface area contributed by atoms with E-state index in [9.17, 15) is 4.79 Å².